The number of aromatic nitrogens is 3. The largest absolute Gasteiger partial charge is 0.505 e. The lowest BCUT2D eigenvalue weighted by Gasteiger charge is -2.16. The minimum Gasteiger partial charge on any atom is -0.505 e. The number of nitrogens with one attached hydrogen (secondary N) is 1. The number of phenolic OH excluding ortho intramolecular Hbond substituents is 1. The number of hydrogen-bond donors (Lipinski definition) is 2. The van der Waals surface area contributed by atoms with E-state index in [9.17, 15) is 13.9 Å². The van der Waals surface area contributed by atoms with Crippen molar-refractivity contribution in [2.75, 3.05) is 0 Å². The summed E-state index contributed by atoms with van der Waals surface area (Å²) in [4.78, 5) is 4.66. The molecule has 2 aromatic carbocycles. The SMILES string of the molecule is CCCc1c(-c2ccc(O)c(F)c2F)nc2ccc3[nH]ncc3c2c1C. The Morgan fingerprint density at radius 3 is 2.69 bits per heavy atom. The van der Waals surface area contributed by atoms with Gasteiger partial charge in [-0.25, -0.2) is 9.37 Å². The highest BCUT2D eigenvalue weighted by molar-refractivity contribution is 6.07. The van der Waals surface area contributed by atoms with E-state index < -0.39 is 17.4 Å². The number of H-pyrrole nitrogens is 1. The van der Waals surface area contributed by atoms with E-state index in [1.54, 1.807) is 6.20 Å². The normalized spacial score (nSPS) is 11.5. The first kappa shape index (κ1) is 16.4. The molecule has 4 aromatic rings. The Kier molecular flexibility index (Phi) is 3.83. The number of aromatic amines is 1. The average molecular weight is 353 g/mol. The van der Waals surface area contributed by atoms with E-state index in [4.69, 9.17) is 0 Å². The second-order valence-corrected chi connectivity index (χ2v) is 6.37. The molecule has 4 rings (SSSR count). The van der Waals surface area contributed by atoms with Gasteiger partial charge in [0.15, 0.2) is 11.6 Å². The maximum absolute atomic E-state index is 14.5. The minimum atomic E-state index is -1.25. The molecule has 0 aliphatic carbocycles. The number of hydrogen-bond acceptors (Lipinski definition) is 3. The van der Waals surface area contributed by atoms with Gasteiger partial charge in [-0.15, -0.1) is 0 Å². The van der Waals surface area contributed by atoms with Gasteiger partial charge in [-0.1, -0.05) is 13.3 Å². The van der Waals surface area contributed by atoms with Crippen LogP contribution in [0.25, 0.3) is 33.1 Å². The first-order chi connectivity index (χ1) is 12.5. The van der Waals surface area contributed by atoms with Gasteiger partial charge in [0.2, 0.25) is 5.82 Å². The van der Waals surface area contributed by atoms with Crippen LogP contribution in [0.4, 0.5) is 8.78 Å². The van der Waals surface area contributed by atoms with Crippen molar-refractivity contribution in [3.05, 3.63) is 53.2 Å². The van der Waals surface area contributed by atoms with Crippen molar-refractivity contribution < 1.29 is 13.9 Å². The van der Waals surface area contributed by atoms with Crippen LogP contribution in [0.5, 0.6) is 5.75 Å². The van der Waals surface area contributed by atoms with Crippen LogP contribution >= 0.6 is 0 Å². The van der Waals surface area contributed by atoms with E-state index in [0.717, 1.165) is 39.9 Å². The van der Waals surface area contributed by atoms with E-state index in [0.29, 0.717) is 17.6 Å². The third-order valence-corrected chi connectivity index (χ3v) is 4.76. The minimum absolute atomic E-state index is 0.0565. The first-order valence-corrected chi connectivity index (χ1v) is 8.45. The van der Waals surface area contributed by atoms with E-state index in [1.165, 1.54) is 6.07 Å². The summed E-state index contributed by atoms with van der Waals surface area (Å²) < 4.78 is 28.4. The predicted octanol–water partition coefficient (Wildman–Crippen LogP) is 5.02. The Labute approximate surface area is 148 Å². The Balaban J connectivity index is 2.11. The lowest BCUT2D eigenvalue weighted by Crippen LogP contribution is -2.02. The zero-order valence-corrected chi connectivity index (χ0v) is 14.4. The molecule has 26 heavy (non-hydrogen) atoms. The molecule has 0 atom stereocenters. The van der Waals surface area contributed by atoms with Crippen LogP contribution in [0.15, 0.2) is 30.5 Å². The second kappa shape index (κ2) is 6.05. The number of benzene rings is 2. The number of pyridine rings is 1. The van der Waals surface area contributed by atoms with E-state index in [-0.39, 0.29) is 5.56 Å². The molecule has 2 aromatic heterocycles. The molecule has 4 nitrogen and oxygen atoms in total. The number of fused-ring (bicyclic) bond motifs is 3. The summed E-state index contributed by atoms with van der Waals surface area (Å²) in [6.45, 7) is 4.00. The van der Waals surface area contributed by atoms with Crippen molar-refractivity contribution in [2.24, 2.45) is 0 Å². The summed E-state index contributed by atoms with van der Waals surface area (Å²) in [5.41, 5.74) is 3.92. The fourth-order valence-corrected chi connectivity index (χ4v) is 3.51. The lowest BCUT2D eigenvalue weighted by molar-refractivity contribution is 0.408. The van der Waals surface area contributed by atoms with Gasteiger partial charge in [-0.3, -0.25) is 5.10 Å². The molecular formula is C20H17F2N3O. The summed E-state index contributed by atoms with van der Waals surface area (Å²) >= 11 is 0. The molecule has 0 aliphatic rings. The van der Waals surface area contributed by atoms with Crippen molar-refractivity contribution in [1.29, 1.82) is 0 Å². The number of rotatable bonds is 3. The second-order valence-electron chi connectivity index (χ2n) is 6.37. The third kappa shape index (κ3) is 2.33. The number of aromatic hydroxyl groups is 1. The molecule has 0 spiro atoms. The quantitative estimate of drug-likeness (QED) is 0.543. The first-order valence-electron chi connectivity index (χ1n) is 8.45. The van der Waals surface area contributed by atoms with Crippen LogP contribution in [-0.4, -0.2) is 20.3 Å². The molecule has 132 valence electrons. The maximum atomic E-state index is 14.5. The van der Waals surface area contributed by atoms with Crippen LogP contribution in [-0.2, 0) is 6.42 Å². The van der Waals surface area contributed by atoms with Gasteiger partial charge in [0.25, 0.3) is 0 Å². The van der Waals surface area contributed by atoms with E-state index in [2.05, 4.69) is 15.2 Å². The summed E-state index contributed by atoms with van der Waals surface area (Å²) in [7, 11) is 0. The zero-order valence-electron chi connectivity index (χ0n) is 14.4. The van der Waals surface area contributed by atoms with Crippen LogP contribution in [0.3, 0.4) is 0 Å². The molecule has 0 radical (unpaired) electrons. The molecule has 0 aliphatic heterocycles. The Bertz CT molecular complexity index is 1150. The smallest absolute Gasteiger partial charge is 0.201 e. The maximum Gasteiger partial charge on any atom is 0.201 e. The third-order valence-electron chi connectivity index (χ3n) is 4.76. The Morgan fingerprint density at radius 1 is 1.12 bits per heavy atom. The fourth-order valence-electron chi connectivity index (χ4n) is 3.51. The standard InChI is InChI=1S/C20H17F2N3O/c1-3-4-11-10(2)17-13-9-23-25-14(13)6-7-15(17)24-20(11)12-5-8-16(26)19(22)18(12)21/h5-9,26H,3-4H2,1-2H3,(H,23,25). The van der Waals surface area contributed by atoms with Gasteiger partial charge in [0.05, 0.1) is 22.9 Å². The van der Waals surface area contributed by atoms with Crippen LogP contribution in [0.2, 0.25) is 0 Å². The van der Waals surface area contributed by atoms with Gasteiger partial charge >= 0.3 is 0 Å². The van der Waals surface area contributed by atoms with Gasteiger partial charge in [0.1, 0.15) is 0 Å². The number of phenols is 1. The van der Waals surface area contributed by atoms with Gasteiger partial charge in [-0.2, -0.15) is 9.49 Å². The predicted molar refractivity (Wildman–Crippen MR) is 97.1 cm³/mol. The molecule has 0 bridgehead atoms. The molecule has 0 fully saturated rings. The highest BCUT2D eigenvalue weighted by Crippen LogP contribution is 2.36. The Morgan fingerprint density at radius 2 is 1.92 bits per heavy atom. The molecule has 2 N–H and O–H groups in total. The number of halogens is 2. The van der Waals surface area contributed by atoms with Crippen molar-refractivity contribution in [2.45, 2.75) is 26.7 Å². The molecule has 0 amide bonds. The van der Waals surface area contributed by atoms with Crippen LogP contribution in [0, 0.1) is 18.6 Å². The van der Waals surface area contributed by atoms with Gasteiger partial charge < -0.3 is 5.11 Å². The summed E-state index contributed by atoms with van der Waals surface area (Å²) in [5, 5.41) is 18.4. The van der Waals surface area contributed by atoms with Crippen molar-refractivity contribution in [3.8, 4) is 17.0 Å². The summed E-state index contributed by atoms with van der Waals surface area (Å²) in [6.07, 6.45) is 3.27. The molecular weight excluding hydrogens is 336 g/mol. The number of nitrogens with zero attached hydrogens (tertiary/aromatic N) is 2. The zero-order chi connectivity index (χ0) is 18.4. The highest BCUT2D eigenvalue weighted by Gasteiger charge is 2.21. The van der Waals surface area contributed by atoms with Gasteiger partial charge in [0, 0.05) is 16.3 Å². The van der Waals surface area contributed by atoms with Crippen LogP contribution in [0.1, 0.15) is 24.5 Å². The van der Waals surface area contributed by atoms with E-state index in [1.807, 2.05) is 26.0 Å². The molecule has 6 heteroatoms. The number of aryl methyl sites for hydroxylation is 1. The molecule has 2 heterocycles. The molecule has 0 unspecified atom stereocenters. The average Bonchev–Trinajstić information content (AvgIpc) is 3.11. The lowest BCUT2D eigenvalue weighted by atomic mass is 9.93. The molecule has 0 saturated carbocycles. The Hall–Kier alpha value is -3.02. The van der Waals surface area contributed by atoms with Crippen molar-refractivity contribution >= 4 is 21.8 Å². The topological polar surface area (TPSA) is 61.8 Å². The van der Waals surface area contributed by atoms with E-state index >= 15 is 0 Å². The fraction of sp³-hybridized carbons (Fsp3) is 0.200. The highest BCUT2D eigenvalue weighted by atomic mass is 19.2. The summed E-state index contributed by atoms with van der Waals surface area (Å²) in [6, 6.07) is 6.24. The molecule has 0 saturated heterocycles. The van der Waals surface area contributed by atoms with Crippen molar-refractivity contribution in [1.82, 2.24) is 15.2 Å². The monoisotopic (exact) mass is 353 g/mol. The van der Waals surface area contributed by atoms with Crippen molar-refractivity contribution in [3.63, 3.8) is 0 Å². The van der Waals surface area contributed by atoms with Gasteiger partial charge in [-0.05, 0) is 48.7 Å². The van der Waals surface area contributed by atoms with Crippen LogP contribution < -0.4 is 0 Å². The summed E-state index contributed by atoms with van der Waals surface area (Å²) in [5.74, 6) is -3.05.